The molecule has 2 fully saturated rings. The summed E-state index contributed by atoms with van der Waals surface area (Å²) in [5.41, 5.74) is 1.06. The SMILES string of the molecule is CN1C2CCC1CC(NC(=O)c1noc3ccccc13)C2. The predicted molar refractivity (Wildman–Crippen MR) is 79.1 cm³/mol. The topological polar surface area (TPSA) is 58.4 Å². The molecular formula is C16H19N3O2. The lowest BCUT2D eigenvalue weighted by atomic mass is 9.98. The molecule has 2 aliphatic heterocycles. The summed E-state index contributed by atoms with van der Waals surface area (Å²) < 4.78 is 5.21. The highest BCUT2D eigenvalue weighted by atomic mass is 16.5. The fraction of sp³-hybridized carbons (Fsp3) is 0.500. The van der Waals surface area contributed by atoms with Crippen molar-refractivity contribution in [3.05, 3.63) is 30.0 Å². The number of hydrogen-bond acceptors (Lipinski definition) is 4. The van der Waals surface area contributed by atoms with Crippen molar-refractivity contribution < 1.29 is 9.32 Å². The van der Waals surface area contributed by atoms with Crippen LogP contribution < -0.4 is 5.32 Å². The molecule has 2 bridgehead atoms. The first kappa shape index (κ1) is 12.8. The van der Waals surface area contributed by atoms with Gasteiger partial charge in [0, 0.05) is 18.1 Å². The van der Waals surface area contributed by atoms with Crippen molar-refractivity contribution in [3.63, 3.8) is 0 Å². The Hall–Kier alpha value is -1.88. The van der Waals surface area contributed by atoms with Gasteiger partial charge in [-0.05, 0) is 44.9 Å². The molecule has 1 N–H and O–H groups in total. The molecule has 2 unspecified atom stereocenters. The van der Waals surface area contributed by atoms with E-state index in [2.05, 4.69) is 22.4 Å². The maximum atomic E-state index is 12.5. The van der Waals surface area contributed by atoms with Crippen molar-refractivity contribution in [2.75, 3.05) is 7.05 Å². The number of nitrogens with zero attached hydrogens (tertiary/aromatic N) is 2. The zero-order valence-corrected chi connectivity index (χ0v) is 12.1. The second-order valence-electron chi connectivity index (χ2n) is 6.22. The Bertz CT molecular complexity index is 667. The van der Waals surface area contributed by atoms with Gasteiger partial charge in [0.2, 0.25) is 0 Å². The van der Waals surface area contributed by atoms with Gasteiger partial charge in [-0.25, -0.2) is 0 Å². The van der Waals surface area contributed by atoms with E-state index in [4.69, 9.17) is 4.52 Å². The lowest BCUT2D eigenvalue weighted by Crippen LogP contribution is -2.48. The summed E-state index contributed by atoms with van der Waals surface area (Å²) in [5.74, 6) is -0.117. The summed E-state index contributed by atoms with van der Waals surface area (Å²) in [5, 5.41) is 7.86. The van der Waals surface area contributed by atoms with Crippen LogP contribution in [-0.2, 0) is 0 Å². The molecule has 2 atom stereocenters. The second kappa shape index (κ2) is 4.84. The molecule has 21 heavy (non-hydrogen) atoms. The summed E-state index contributed by atoms with van der Waals surface area (Å²) in [6.07, 6.45) is 4.57. The monoisotopic (exact) mass is 285 g/mol. The predicted octanol–water partition coefficient (Wildman–Crippen LogP) is 2.18. The maximum absolute atomic E-state index is 12.5. The lowest BCUT2D eigenvalue weighted by Gasteiger charge is -2.36. The highest BCUT2D eigenvalue weighted by molar-refractivity contribution is 6.04. The van der Waals surface area contributed by atoms with Crippen molar-refractivity contribution in [1.29, 1.82) is 0 Å². The molecule has 1 aromatic heterocycles. The van der Waals surface area contributed by atoms with Crippen LogP contribution in [0.4, 0.5) is 0 Å². The quantitative estimate of drug-likeness (QED) is 0.919. The van der Waals surface area contributed by atoms with E-state index in [1.165, 1.54) is 12.8 Å². The summed E-state index contributed by atoms with van der Waals surface area (Å²) in [4.78, 5) is 14.9. The molecular weight excluding hydrogens is 266 g/mol. The number of carbonyl (C=O) groups excluding carboxylic acids is 1. The second-order valence-corrected chi connectivity index (χ2v) is 6.22. The molecule has 4 rings (SSSR count). The van der Waals surface area contributed by atoms with E-state index in [1.807, 2.05) is 24.3 Å². The van der Waals surface area contributed by atoms with Crippen molar-refractivity contribution in [2.45, 2.75) is 43.8 Å². The van der Waals surface area contributed by atoms with Gasteiger partial charge in [0.05, 0.1) is 5.39 Å². The van der Waals surface area contributed by atoms with E-state index < -0.39 is 0 Å². The van der Waals surface area contributed by atoms with Gasteiger partial charge < -0.3 is 14.7 Å². The highest BCUT2D eigenvalue weighted by Gasteiger charge is 2.39. The van der Waals surface area contributed by atoms with Gasteiger partial charge in [0.15, 0.2) is 11.3 Å². The van der Waals surface area contributed by atoms with Crippen LogP contribution in [0, 0.1) is 0 Å². The molecule has 5 heteroatoms. The molecule has 2 saturated heterocycles. The number of amides is 1. The van der Waals surface area contributed by atoms with E-state index in [0.29, 0.717) is 23.4 Å². The first-order chi connectivity index (χ1) is 10.2. The zero-order chi connectivity index (χ0) is 14.4. The highest BCUT2D eigenvalue weighted by Crippen LogP contribution is 2.34. The van der Waals surface area contributed by atoms with Crippen LogP contribution in [0.1, 0.15) is 36.2 Å². The van der Waals surface area contributed by atoms with Crippen LogP contribution in [0.5, 0.6) is 0 Å². The molecule has 0 radical (unpaired) electrons. The van der Waals surface area contributed by atoms with Gasteiger partial charge in [-0.15, -0.1) is 0 Å². The van der Waals surface area contributed by atoms with Crippen LogP contribution in [-0.4, -0.2) is 41.1 Å². The minimum atomic E-state index is -0.117. The molecule has 2 aliphatic rings. The molecule has 3 heterocycles. The van der Waals surface area contributed by atoms with Gasteiger partial charge in [-0.1, -0.05) is 17.3 Å². The summed E-state index contributed by atoms with van der Waals surface area (Å²) in [6.45, 7) is 0. The number of carbonyl (C=O) groups is 1. The molecule has 2 aromatic rings. The number of hydrogen-bond donors (Lipinski definition) is 1. The maximum Gasteiger partial charge on any atom is 0.274 e. The molecule has 110 valence electrons. The third-order valence-corrected chi connectivity index (χ3v) is 5.03. The Labute approximate surface area is 123 Å². The van der Waals surface area contributed by atoms with Gasteiger partial charge in [-0.2, -0.15) is 0 Å². The van der Waals surface area contributed by atoms with Crippen LogP contribution in [0.2, 0.25) is 0 Å². The molecule has 0 saturated carbocycles. The van der Waals surface area contributed by atoms with E-state index in [0.717, 1.165) is 18.2 Å². The molecule has 0 aliphatic carbocycles. The van der Waals surface area contributed by atoms with Crippen molar-refractivity contribution >= 4 is 16.9 Å². The first-order valence-electron chi connectivity index (χ1n) is 7.59. The average Bonchev–Trinajstić information content (AvgIpc) is 2.98. The Kier molecular flexibility index (Phi) is 2.96. The number of aromatic nitrogens is 1. The van der Waals surface area contributed by atoms with E-state index >= 15 is 0 Å². The van der Waals surface area contributed by atoms with Crippen molar-refractivity contribution in [3.8, 4) is 0 Å². The van der Waals surface area contributed by atoms with Gasteiger partial charge >= 0.3 is 0 Å². The van der Waals surface area contributed by atoms with E-state index in [1.54, 1.807) is 0 Å². The number of piperidine rings is 1. The standard InChI is InChI=1S/C16H19N3O2/c1-19-11-6-7-12(19)9-10(8-11)17-16(20)15-13-4-2-3-5-14(13)21-18-15/h2-5,10-12H,6-9H2,1H3,(H,17,20). The minimum absolute atomic E-state index is 0.117. The smallest absolute Gasteiger partial charge is 0.274 e. The van der Waals surface area contributed by atoms with Gasteiger partial charge in [0.1, 0.15) is 0 Å². The molecule has 0 spiro atoms. The third-order valence-electron chi connectivity index (χ3n) is 5.03. The van der Waals surface area contributed by atoms with E-state index in [-0.39, 0.29) is 11.9 Å². The fourth-order valence-electron chi connectivity index (χ4n) is 3.83. The number of fused-ring (bicyclic) bond motifs is 3. The molecule has 1 amide bonds. The fourth-order valence-corrected chi connectivity index (χ4v) is 3.83. The van der Waals surface area contributed by atoms with Gasteiger partial charge in [0.25, 0.3) is 5.91 Å². The number of para-hydroxylation sites is 1. The largest absolute Gasteiger partial charge is 0.355 e. The van der Waals surface area contributed by atoms with Crippen LogP contribution in [0.3, 0.4) is 0 Å². The first-order valence-corrected chi connectivity index (χ1v) is 7.59. The van der Waals surface area contributed by atoms with Crippen LogP contribution in [0.15, 0.2) is 28.8 Å². The third kappa shape index (κ3) is 2.12. The number of rotatable bonds is 2. The van der Waals surface area contributed by atoms with E-state index in [9.17, 15) is 4.79 Å². The number of nitrogens with one attached hydrogen (secondary N) is 1. The lowest BCUT2D eigenvalue weighted by molar-refractivity contribution is 0.0875. The Morgan fingerprint density at radius 1 is 1.29 bits per heavy atom. The Morgan fingerprint density at radius 3 is 2.76 bits per heavy atom. The average molecular weight is 285 g/mol. The summed E-state index contributed by atoms with van der Waals surface area (Å²) in [6, 6.07) is 8.96. The Morgan fingerprint density at radius 2 is 2.00 bits per heavy atom. The number of benzene rings is 1. The molecule has 5 nitrogen and oxygen atoms in total. The Balaban J connectivity index is 1.51. The van der Waals surface area contributed by atoms with Gasteiger partial charge in [-0.3, -0.25) is 4.79 Å². The zero-order valence-electron chi connectivity index (χ0n) is 12.1. The summed E-state index contributed by atoms with van der Waals surface area (Å²) >= 11 is 0. The molecule has 1 aromatic carbocycles. The van der Waals surface area contributed by atoms with Crippen molar-refractivity contribution in [2.24, 2.45) is 0 Å². The summed E-state index contributed by atoms with van der Waals surface area (Å²) in [7, 11) is 2.20. The van der Waals surface area contributed by atoms with Crippen LogP contribution in [0.25, 0.3) is 11.0 Å². The minimum Gasteiger partial charge on any atom is -0.355 e. The normalized spacial score (nSPS) is 28.9. The van der Waals surface area contributed by atoms with Crippen molar-refractivity contribution in [1.82, 2.24) is 15.4 Å². The van der Waals surface area contributed by atoms with Crippen LogP contribution >= 0.6 is 0 Å².